The van der Waals surface area contributed by atoms with Gasteiger partial charge in [-0.25, -0.2) is 29.6 Å². The molecular formula is C19H23N7O14P2S. The lowest BCUT2D eigenvalue weighted by molar-refractivity contribution is -0.178. The van der Waals surface area contributed by atoms with E-state index in [-0.39, 0.29) is 17.0 Å². The van der Waals surface area contributed by atoms with E-state index in [9.17, 15) is 34.5 Å². The molecule has 2 unspecified atom stereocenters. The number of aromatic amines is 1. The fourth-order valence-electron chi connectivity index (χ4n) is 4.81. The molecule has 6 heterocycles. The number of imidazole rings is 1. The summed E-state index contributed by atoms with van der Waals surface area (Å²) in [5.41, 5.74) is 4.46. The molecule has 0 saturated carbocycles. The summed E-state index contributed by atoms with van der Waals surface area (Å²) in [4.78, 5) is 49.0. The van der Waals surface area contributed by atoms with E-state index in [0.717, 1.165) is 23.2 Å². The highest BCUT2D eigenvalue weighted by Gasteiger charge is 2.53. The average Bonchev–Trinajstić information content (AvgIpc) is 3.61. The number of ether oxygens (including phenoxy) is 2. The Morgan fingerprint density at radius 2 is 1.67 bits per heavy atom. The van der Waals surface area contributed by atoms with Gasteiger partial charge in [0, 0.05) is 12.3 Å². The third-order valence-electron chi connectivity index (χ3n) is 6.82. The number of phosphoric ester groups is 1. The first-order chi connectivity index (χ1) is 20.4. The van der Waals surface area contributed by atoms with Crippen molar-refractivity contribution in [1.29, 1.82) is 0 Å². The zero-order valence-corrected chi connectivity index (χ0v) is 23.9. The zero-order valence-electron chi connectivity index (χ0n) is 21.3. The molecule has 4 bridgehead atoms. The molecule has 10 atom stereocenters. The van der Waals surface area contributed by atoms with Crippen LogP contribution in [-0.2, 0) is 48.6 Å². The van der Waals surface area contributed by atoms with Crippen molar-refractivity contribution in [2.24, 2.45) is 0 Å². The lowest BCUT2D eigenvalue weighted by Gasteiger charge is -2.27. The molecule has 7 N–H and O–H groups in total. The van der Waals surface area contributed by atoms with Gasteiger partial charge in [0.25, 0.3) is 5.56 Å². The van der Waals surface area contributed by atoms with Crippen molar-refractivity contribution in [3.8, 4) is 0 Å². The number of aliphatic hydroxyl groups is 2. The van der Waals surface area contributed by atoms with Gasteiger partial charge in [-0.05, 0) is 11.8 Å². The summed E-state index contributed by atoms with van der Waals surface area (Å²) < 4.78 is 52.8. The molecular weight excluding hydrogens is 644 g/mol. The molecule has 0 amide bonds. The molecule has 21 nitrogen and oxygen atoms in total. The first-order valence-electron chi connectivity index (χ1n) is 12.2. The van der Waals surface area contributed by atoms with Gasteiger partial charge in [0.1, 0.15) is 48.5 Å². The van der Waals surface area contributed by atoms with Gasteiger partial charge in [-0.15, -0.1) is 4.67 Å². The van der Waals surface area contributed by atoms with Gasteiger partial charge in [-0.1, -0.05) is 0 Å². The highest BCUT2D eigenvalue weighted by molar-refractivity contribution is 8.07. The van der Waals surface area contributed by atoms with Crippen LogP contribution < -0.4 is 17.0 Å². The molecule has 3 aromatic rings. The third-order valence-corrected chi connectivity index (χ3v) is 9.54. The van der Waals surface area contributed by atoms with Crippen LogP contribution in [0.2, 0.25) is 0 Å². The molecule has 6 rings (SSSR count). The van der Waals surface area contributed by atoms with Crippen LogP contribution >= 0.6 is 14.5 Å². The first kappa shape index (κ1) is 30.5. The second-order valence-electron chi connectivity index (χ2n) is 9.44. The topological polar surface area (TPSA) is 287 Å². The first-order valence-corrected chi connectivity index (χ1v) is 16.3. The lowest BCUT2D eigenvalue weighted by Crippen LogP contribution is -2.39. The minimum Gasteiger partial charge on any atom is -0.387 e. The summed E-state index contributed by atoms with van der Waals surface area (Å²) in [7, 11) is -4.98. The molecule has 0 radical (unpaired) electrons. The van der Waals surface area contributed by atoms with Crippen LogP contribution in [0, 0.1) is 0 Å². The Hall–Kier alpha value is -2.53. The third kappa shape index (κ3) is 5.72. The van der Waals surface area contributed by atoms with Crippen LogP contribution in [0.15, 0.2) is 34.5 Å². The standard InChI is InChI=1S/C19H23N7O14P2S/c20-15-10-16(22-5-21-15)26(6-23-10)18-13-11(28)8(37-18)4-35-42(33,43)39-14-12(29)7(3-34-41(32,38-13)40-31)36-17(14)25-2-1-9(27)24-19(25)30/h1-2,5-8,11-14,17-18,28-29,31H,3-4H2,(H,33,43)(H2,20,21,22)(H,24,27,30)/t7-,8-,11-,12-,13-,14-,17-,18-,41?,42?/m1/s1. The van der Waals surface area contributed by atoms with Crippen molar-refractivity contribution < 1.29 is 57.2 Å². The second kappa shape index (κ2) is 11.4. The summed E-state index contributed by atoms with van der Waals surface area (Å²) in [5.74, 6) is 0.0277. The Bertz CT molecular complexity index is 1740. The van der Waals surface area contributed by atoms with E-state index < -0.39 is 88.1 Å². The smallest absolute Gasteiger partial charge is 0.387 e. The number of hydrogen-bond donors (Lipinski definition) is 6. The number of nitrogens with one attached hydrogen (secondary N) is 1. The number of nitrogens with two attached hydrogens (primary N) is 1. The maximum atomic E-state index is 13.4. The van der Waals surface area contributed by atoms with Gasteiger partial charge >= 0.3 is 20.2 Å². The summed E-state index contributed by atoms with van der Waals surface area (Å²) >= 11 is 5.12. The predicted molar refractivity (Wildman–Crippen MR) is 140 cm³/mol. The maximum absolute atomic E-state index is 13.4. The van der Waals surface area contributed by atoms with Gasteiger partial charge < -0.3 is 34.8 Å². The number of nitrogens with zero attached hydrogens (tertiary/aromatic N) is 5. The summed E-state index contributed by atoms with van der Waals surface area (Å²) in [6.07, 6.45) is -8.92. The molecule has 0 aliphatic carbocycles. The van der Waals surface area contributed by atoms with Crippen LogP contribution in [0.4, 0.5) is 5.82 Å². The number of rotatable bonds is 3. The van der Waals surface area contributed by atoms with Crippen molar-refractivity contribution in [2.45, 2.75) is 49.1 Å². The zero-order chi connectivity index (χ0) is 30.7. The summed E-state index contributed by atoms with van der Waals surface area (Å²) in [5, 5.41) is 31.6. The minimum absolute atomic E-state index is 0.0277. The molecule has 3 aliphatic heterocycles. The van der Waals surface area contributed by atoms with Crippen molar-refractivity contribution >= 4 is 43.3 Å². The molecule has 43 heavy (non-hydrogen) atoms. The second-order valence-corrected chi connectivity index (χ2v) is 13.8. The molecule has 3 aromatic heterocycles. The highest BCUT2D eigenvalue weighted by atomic mass is 32.5. The number of phosphoric acid groups is 1. The SMILES string of the molecule is Nc1ncnc2c1ncn2[C@@H]1O[C@@H]2COP(O)(=S)O[C@@H]3[C@H](O)[C@@H](COP(=O)(OO)O[C@@H]1[C@@H]2O)O[C@H]3n1ccc(=O)[nH]c1=O. The quantitative estimate of drug-likeness (QED) is 0.101. The number of fused-ring (bicyclic) bond motifs is 5. The number of H-pyrrole nitrogens is 1. The molecule has 234 valence electrons. The number of anilines is 1. The highest BCUT2D eigenvalue weighted by Crippen LogP contribution is 2.55. The van der Waals surface area contributed by atoms with E-state index in [1.165, 1.54) is 10.9 Å². The average molecular weight is 667 g/mol. The van der Waals surface area contributed by atoms with Crippen LogP contribution in [0.25, 0.3) is 11.2 Å². The largest absolute Gasteiger partial charge is 0.502 e. The fraction of sp³-hybridized carbons (Fsp3) is 0.526. The lowest BCUT2D eigenvalue weighted by atomic mass is 10.1. The Morgan fingerprint density at radius 3 is 2.35 bits per heavy atom. The Kier molecular flexibility index (Phi) is 8.11. The molecule has 0 spiro atoms. The van der Waals surface area contributed by atoms with Gasteiger partial charge in [-0.2, -0.15) is 0 Å². The summed E-state index contributed by atoms with van der Waals surface area (Å²) in [6.45, 7) is -5.75. The van der Waals surface area contributed by atoms with Crippen LogP contribution in [0.5, 0.6) is 0 Å². The predicted octanol–water partition coefficient (Wildman–Crippen LogP) is -1.89. The van der Waals surface area contributed by atoms with Crippen molar-refractivity contribution in [3.05, 3.63) is 45.8 Å². The summed E-state index contributed by atoms with van der Waals surface area (Å²) in [6, 6.07) is 0.990. The number of aromatic nitrogens is 6. The van der Waals surface area contributed by atoms with E-state index in [1.807, 2.05) is 4.98 Å². The van der Waals surface area contributed by atoms with Crippen LogP contribution in [0.3, 0.4) is 0 Å². The molecule has 3 saturated heterocycles. The fourth-order valence-corrected chi connectivity index (χ4v) is 7.23. The van der Waals surface area contributed by atoms with E-state index >= 15 is 0 Å². The van der Waals surface area contributed by atoms with E-state index in [2.05, 4.69) is 19.6 Å². The van der Waals surface area contributed by atoms with E-state index in [0.29, 0.717) is 0 Å². The van der Waals surface area contributed by atoms with Crippen LogP contribution in [0.1, 0.15) is 12.5 Å². The van der Waals surface area contributed by atoms with Gasteiger partial charge in [-0.3, -0.25) is 32.5 Å². The Morgan fingerprint density at radius 1 is 1.02 bits per heavy atom. The Labute approximate surface area is 243 Å². The monoisotopic (exact) mass is 667 g/mol. The molecule has 3 fully saturated rings. The van der Waals surface area contributed by atoms with Gasteiger partial charge in [0.15, 0.2) is 23.9 Å². The van der Waals surface area contributed by atoms with E-state index in [1.54, 1.807) is 0 Å². The normalized spacial score (nSPS) is 38.7. The van der Waals surface area contributed by atoms with Gasteiger partial charge in [0.2, 0.25) is 0 Å². The minimum atomic E-state index is -4.98. The maximum Gasteiger partial charge on any atom is 0.502 e. The van der Waals surface area contributed by atoms with Crippen LogP contribution in [-0.4, -0.2) is 99.3 Å². The van der Waals surface area contributed by atoms with Gasteiger partial charge in [0.05, 0.1) is 19.5 Å². The van der Waals surface area contributed by atoms with Crippen molar-refractivity contribution in [3.63, 3.8) is 0 Å². The van der Waals surface area contributed by atoms with Crippen molar-refractivity contribution in [1.82, 2.24) is 29.1 Å². The Balaban J connectivity index is 1.35. The molecule has 24 heteroatoms. The van der Waals surface area contributed by atoms with E-state index in [4.69, 9.17) is 45.1 Å². The number of hydrogen-bond acceptors (Lipinski definition) is 18. The van der Waals surface area contributed by atoms with Crippen molar-refractivity contribution in [2.75, 3.05) is 18.9 Å². The molecule has 3 aliphatic rings. The number of aliphatic hydroxyl groups excluding tert-OH is 2. The molecule has 0 aromatic carbocycles. The number of nitrogen functional groups attached to an aromatic ring is 1.